The number of hydrogen-bond acceptors (Lipinski definition) is 5. The van der Waals surface area contributed by atoms with Gasteiger partial charge in [-0.1, -0.05) is 0 Å². The fraction of sp³-hybridized carbons (Fsp3) is 0.444. The lowest BCUT2D eigenvalue weighted by molar-refractivity contribution is 0.0524. The third-order valence-corrected chi connectivity index (χ3v) is 3.17. The van der Waals surface area contributed by atoms with Crippen molar-refractivity contribution in [1.82, 2.24) is 4.98 Å². The van der Waals surface area contributed by atoms with Crippen molar-refractivity contribution < 1.29 is 19.0 Å². The standard InChI is InChI=1S/C18H23NO5/c1-6-22-18(21)13-9-19-14-8-16(24-11(4)5)15(23-10(2)3)7-12(14)17(13)20/h7-11H,6H2,1-5H3,(H,19,20). The molecule has 0 aliphatic rings. The molecule has 1 aromatic heterocycles. The van der Waals surface area contributed by atoms with Crippen molar-refractivity contribution in [3.63, 3.8) is 0 Å². The molecule has 1 N–H and O–H groups in total. The molecule has 2 rings (SSSR count). The van der Waals surface area contributed by atoms with Gasteiger partial charge in [-0.15, -0.1) is 0 Å². The van der Waals surface area contributed by atoms with E-state index in [-0.39, 0.29) is 24.4 Å². The van der Waals surface area contributed by atoms with Crippen LogP contribution < -0.4 is 14.9 Å². The maximum Gasteiger partial charge on any atom is 0.343 e. The Morgan fingerprint density at radius 2 is 1.67 bits per heavy atom. The van der Waals surface area contributed by atoms with Crippen molar-refractivity contribution in [2.45, 2.75) is 46.8 Å². The van der Waals surface area contributed by atoms with Crippen LogP contribution in [0.2, 0.25) is 0 Å². The molecule has 0 aliphatic heterocycles. The van der Waals surface area contributed by atoms with Crippen LogP contribution in [0, 0.1) is 0 Å². The summed E-state index contributed by atoms with van der Waals surface area (Å²) < 4.78 is 16.4. The van der Waals surface area contributed by atoms with E-state index >= 15 is 0 Å². The Balaban J connectivity index is 2.61. The van der Waals surface area contributed by atoms with Crippen molar-refractivity contribution in [1.29, 1.82) is 0 Å². The molecule has 0 atom stereocenters. The molecule has 0 amide bonds. The maximum atomic E-state index is 12.6. The summed E-state index contributed by atoms with van der Waals surface area (Å²) in [5.41, 5.74) is 0.143. The molecule has 0 unspecified atom stereocenters. The van der Waals surface area contributed by atoms with Gasteiger partial charge >= 0.3 is 5.97 Å². The van der Waals surface area contributed by atoms with Crippen LogP contribution in [0.3, 0.4) is 0 Å². The Kier molecular flexibility index (Phi) is 5.49. The summed E-state index contributed by atoms with van der Waals surface area (Å²) in [4.78, 5) is 27.4. The summed E-state index contributed by atoms with van der Waals surface area (Å²) in [6.45, 7) is 9.51. The van der Waals surface area contributed by atoms with E-state index in [4.69, 9.17) is 14.2 Å². The van der Waals surface area contributed by atoms with Gasteiger partial charge < -0.3 is 19.2 Å². The smallest absolute Gasteiger partial charge is 0.343 e. The molecular formula is C18H23NO5. The third kappa shape index (κ3) is 3.88. The maximum absolute atomic E-state index is 12.6. The summed E-state index contributed by atoms with van der Waals surface area (Å²) in [5, 5.41) is 0.354. The number of rotatable bonds is 6. The molecule has 0 aliphatic carbocycles. The van der Waals surface area contributed by atoms with E-state index in [1.165, 1.54) is 6.20 Å². The number of carbonyl (C=O) groups excluding carboxylic acids is 1. The van der Waals surface area contributed by atoms with Gasteiger partial charge in [-0.3, -0.25) is 4.79 Å². The summed E-state index contributed by atoms with van der Waals surface area (Å²) in [5.74, 6) is 0.373. The summed E-state index contributed by atoms with van der Waals surface area (Å²) >= 11 is 0. The van der Waals surface area contributed by atoms with E-state index in [1.807, 2.05) is 27.7 Å². The van der Waals surface area contributed by atoms with Gasteiger partial charge in [0.2, 0.25) is 5.43 Å². The van der Waals surface area contributed by atoms with Gasteiger partial charge in [-0.05, 0) is 40.7 Å². The van der Waals surface area contributed by atoms with Crippen molar-refractivity contribution in [2.75, 3.05) is 6.61 Å². The minimum absolute atomic E-state index is 0.0302. The van der Waals surface area contributed by atoms with E-state index in [2.05, 4.69) is 4.98 Å². The molecule has 6 heteroatoms. The molecule has 24 heavy (non-hydrogen) atoms. The Labute approximate surface area is 140 Å². The van der Waals surface area contributed by atoms with Crippen molar-refractivity contribution in [3.05, 3.63) is 34.1 Å². The number of fused-ring (bicyclic) bond motifs is 1. The average molecular weight is 333 g/mol. The number of esters is 1. The van der Waals surface area contributed by atoms with E-state index in [1.54, 1.807) is 19.1 Å². The zero-order chi connectivity index (χ0) is 17.9. The highest BCUT2D eigenvalue weighted by Crippen LogP contribution is 2.32. The summed E-state index contributed by atoms with van der Waals surface area (Å²) in [7, 11) is 0. The molecule has 130 valence electrons. The number of H-pyrrole nitrogens is 1. The number of benzene rings is 1. The molecule has 1 aromatic carbocycles. The fourth-order valence-corrected chi connectivity index (χ4v) is 2.28. The normalized spacial score (nSPS) is 11.1. The first-order valence-electron chi connectivity index (χ1n) is 8.03. The van der Waals surface area contributed by atoms with Crippen LogP contribution >= 0.6 is 0 Å². The average Bonchev–Trinajstić information content (AvgIpc) is 2.48. The van der Waals surface area contributed by atoms with Crippen LogP contribution in [-0.2, 0) is 4.74 Å². The van der Waals surface area contributed by atoms with Crippen molar-refractivity contribution in [2.24, 2.45) is 0 Å². The Bertz CT molecular complexity index is 792. The van der Waals surface area contributed by atoms with Gasteiger partial charge in [-0.2, -0.15) is 0 Å². The van der Waals surface area contributed by atoms with Crippen LogP contribution in [0.15, 0.2) is 23.1 Å². The number of aromatic amines is 1. The zero-order valence-electron chi connectivity index (χ0n) is 14.6. The van der Waals surface area contributed by atoms with Gasteiger partial charge in [-0.25, -0.2) is 4.79 Å². The third-order valence-electron chi connectivity index (χ3n) is 3.17. The molecule has 0 bridgehead atoms. The Hall–Kier alpha value is -2.50. The van der Waals surface area contributed by atoms with Gasteiger partial charge in [0, 0.05) is 12.3 Å². The molecule has 0 saturated carbocycles. The molecule has 2 aromatic rings. The van der Waals surface area contributed by atoms with Gasteiger partial charge in [0.1, 0.15) is 5.56 Å². The lowest BCUT2D eigenvalue weighted by Gasteiger charge is -2.18. The van der Waals surface area contributed by atoms with E-state index in [9.17, 15) is 9.59 Å². The van der Waals surface area contributed by atoms with Crippen molar-refractivity contribution in [3.8, 4) is 11.5 Å². The molecule has 0 fully saturated rings. The summed E-state index contributed by atoms with van der Waals surface area (Å²) in [6, 6.07) is 3.32. The second-order valence-corrected chi connectivity index (χ2v) is 5.93. The fourth-order valence-electron chi connectivity index (χ4n) is 2.28. The van der Waals surface area contributed by atoms with Crippen LogP contribution in [0.1, 0.15) is 45.0 Å². The summed E-state index contributed by atoms with van der Waals surface area (Å²) in [6.07, 6.45) is 1.25. The molecule has 0 spiro atoms. The SMILES string of the molecule is CCOC(=O)c1c[nH]c2cc(OC(C)C)c(OC(C)C)cc2c1=O. The second-order valence-electron chi connectivity index (χ2n) is 5.93. The number of nitrogens with one attached hydrogen (secondary N) is 1. The van der Waals surface area contributed by atoms with E-state index < -0.39 is 11.4 Å². The largest absolute Gasteiger partial charge is 0.487 e. The predicted molar refractivity (Wildman–Crippen MR) is 92.1 cm³/mol. The van der Waals surface area contributed by atoms with Crippen LogP contribution in [0.25, 0.3) is 10.9 Å². The number of aromatic nitrogens is 1. The lowest BCUT2D eigenvalue weighted by Crippen LogP contribution is -2.18. The number of carbonyl (C=O) groups is 1. The van der Waals surface area contributed by atoms with Crippen molar-refractivity contribution >= 4 is 16.9 Å². The second kappa shape index (κ2) is 7.38. The van der Waals surface area contributed by atoms with Gasteiger partial charge in [0.25, 0.3) is 0 Å². The monoisotopic (exact) mass is 333 g/mol. The lowest BCUT2D eigenvalue weighted by atomic mass is 10.1. The first-order chi connectivity index (χ1) is 11.3. The number of hydrogen-bond donors (Lipinski definition) is 1. The molecule has 1 heterocycles. The van der Waals surface area contributed by atoms with Crippen LogP contribution in [-0.4, -0.2) is 29.8 Å². The first kappa shape index (κ1) is 17.8. The molecular weight excluding hydrogens is 310 g/mol. The molecule has 6 nitrogen and oxygen atoms in total. The van der Waals surface area contributed by atoms with E-state index in [0.717, 1.165) is 0 Å². The molecule has 0 saturated heterocycles. The highest BCUT2D eigenvalue weighted by atomic mass is 16.5. The topological polar surface area (TPSA) is 77.6 Å². The predicted octanol–water partition coefficient (Wildman–Crippen LogP) is 3.28. The van der Waals surface area contributed by atoms with Crippen LogP contribution in [0.4, 0.5) is 0 Å². The van der Waals surface area contributed by atoms with E-state index in [0.29, 0.717) is 22.4 Å². The first-order valence-corrected chi connectivity index (χ1v) is 8.03. The Morgan fingerprint density at radius 1 is 1.08 bits per heavy atom. The highest BCUT2D eigenvalue weighted by Gasteiger charge is 2.17. The Morgan fingerprint density at radius 3 is 2.21 bits per heavy atom. The number of ether oxygens (including phenoxy) is 3. The minimum Gasteiger partial charge on any atom is -0.487 e. The number of pyridine rings is 1. The molecule has 0 radical (unpaired) electrons. The van der Waals surface area contributed by atoms with Gasteiger partial charge in [0.05, 0.1) is 29.7 Å². The van der Waals surface area contributed by atoms with Gasteiger partial charge in [0.15, 0.2) is 11.5 Å². The highest BCUT2D eigenvalue weighted by molar-refractivity contribution is 5.94. The minimum atomic E-state index is -0.644. The van der Waals surface area contributed by atoms with Crippen LogP contribution in [0.5, 0.6) is 11.5 Å². The quantitative estimate of drug-likeness (QED) is 0.821. The zero-order valence-corrected chi connectivity index (χ0v) is 14.6.